The van der Waals surface area contributed by atoms with E-state index in [-0.39, 0.29) is 34.0 Å². The van der Waals surface area contributed by atoms with Gasteiger partial charge in [0, 0.05) is 19.2 Å². The van der Waals surface area contributed by atoms with Gasteiger partial charge in [0.1, 0.15) is 17.0 Å². The summed E-state index contributed by atoms with van der Waals surface area (Å²) in [4.78, 5) is 29.9. The first kappa shape index (κ1) is 22.1. The van der Waals surface area contributed by atoms with Gasteiger partial charge in [0.2, 0.25) is 0 Å². The molecular weight excluding hydrogens is 432 g/mol. The summed E-state index contributed by atoms with van der Waals surface area (Å²) in [5, 5.41) is 13.4. The van der Waals surface area contributed by atoms with E-state index in [1.54, 1.807) is 37.4 Å². The highest BCUT2D eigenvalue weighted by molar-refractivity contribution is 6.11. The molecule has 3 aromatic heterocycles. The first-order valence-corrected chi connectivity index (χ1v) is 10.2. The van der Waals surface area contributed by atoms with Gasteiger partial charge in [-0.15, -0.1) is 0 Å². The number of aromatic nitrogens is 5. The van der Waals surface area contributed by atoms with Crippen LogP contribution in [0.5, 0.6) is 0 Å². The molecule has 170 valence electrons. The third-order valence-electron chi connectivity index (χ3n) is 4.97. The number of hydrogen-bond acceptors (Lipinski definition) is 5. The van der Waals surface area contributed by atoms with Crippen molar-refractivity contribution in [3.8, 4) is 11.3 Å². The van der Waals surface area contributed by atoms with Gasteiger partial charge in [-0.2, -0.15) is 10.2 Å². The number of anilines is 1. The van der Waals surface area contributed by atoms with Gasteiger partial charge in [-0.25, -0.2) is 18.3 Å². The first-order chi connectivity index (χ1) is 15.9. The average molecular weight is 453 g/mol. The number of nitrogens with one attached hydrogen (secondary N) is 2. The van der Waals surface area contributed by atoms with Gasteiger partial charge >= 0.3 is 0 Å². The van der Waals surface area contributed by atoms with Crippen molar-refractivity contribution in [1.82, 2.24) is 29.7 Å². The number of fused-ring (bicyclic) bond motifs is 1. The van der Waals surface area contributed by atoms with Gasteiger partial charge in [-0.05, 0) is 12.5 Å². The maximum atomic E-state index is 13.8. The van der Waals surface area contributed by atoms with Crippen molar-refractivity contribution in [3.05, 3.63) is 65.7 Å². The molecular formula is C22H21F2N7O2. The molecule has 0 atom stereocenters. The number of hydrogen-bond donors (Lipinski definition) is 2. The number of halogens is 2. The Balaban J connectivity index is 1.73. The first-order valence-electron chi connectivity index (χ1n) is 10.2. The lowest BCUT2D eigenvalue weighted by Gasteiger charge is -2.09. The predicted molar refractivity (Wildman–Crippen MR) is 117 cm³/mol. The predicted octanol–water partition coefficient (Wildman–Crippen LogP) is 3.46. The van der Waals surface area contributed by atoms with Crippen LogP contribution in [-0.4, -0.2) is 42.7 Å². The SMILES string of the molecule is CCCNC(=O)c1c(NC(=O)c2cnn3c(C(F)F)cc(-c4ccccc4)nc23)cnn1C. The molecule has 0 fully saturated rings. The monoisotopic (exact) mass is 453 g/mol. The Morgan fingerprint density at radius 3 is 2.55 bits per heavy atom. The Kier molecular flexibility index (Phi) is 6.11. The molecule has 4 rings (SSSR count). The molecule has 3 heterocycles. The lowest BCUT2D eigenvalue weighted by molar-refractivity contribution is 0.0945. The third kappa shape index (κ3) is 4.29. The zero-order valence-corrected chi connectivity index (χ0v) is 17.9. The van der Waals surface area contributed by atoms with Crippen LogP contribution >= 0.6 is 0 Å². The summed E-state index contributed by atoms with van der Waals surface area (Å²) in [6.07, 6.45) is 0.430. The van der Waals surface area contributed by atoms with Crippen LogP contribution < -0.4 is 10.6 Å². The van der Waals surface area contributed by atoms with E-state index in [1.807, 2.05) is 6.92 Å². The van der Waals surface area contributed by atoms with Crippen LogP contribution in [0.15, 0.2) is 48.8 Å². The number of carbonyl (C=O) groups is 2. The minimum Gasteiger partial charge on any atom is -0.351 e. The van der Waals surface area contributed by atoms with E-state index >= 15 is 0 Å². The van der Waals surface area contributed by atoms with E-state index in [0.717, 1.165) is 10.9 Å². The second kappa shape index (κ2) is 9.15. The van der Waals surface area contributed by atoms with Crippen LogP contribution in [0.3, 0.4) is 0 Å². The highest BCUT2D eigenvalue weighted by Gasteiger charge is 2.24. The summed E-state index contributed by atoms with van der Waals surface area (Å²) in [5.41, 5.74) is 0.830. The zero-order valence-electron chi connectivity index (χ0n) is 17.9. The average Bonchev–Trinajstić information content (AvgIpc) is 3.40. The quantitative estimate of drug-likeness (QED) is 0.446. The largest absolute Gasteiger partial charge is 0.351 e. The summed E-state index contributed by atoms with van der Waals surface area (Å²) in [6, 6.07) is 10.1. The second-order valence-electron chi connectivity index (χ2n) is 7.27. The van der Waals surface area contributed by atoms with Crippen molar-refractivity contribution in [1.29, 1.82) is 0 Å². The molecule has 33 heavy (non-hydrogen) atoms. The van der Waals surface area contributed by atoms with E-state index in [4.69, 9.17) is 0 Å². The van der Waals surface area contributed by atoms with Crippen molar-refractivity contribution in [2.45, 2.75) is 19.8 Å². The molecule has 0 aliphatic heterocycles. The fraction of sp³-hybridized carbons (Fsp3) is 0.227. The number of aryl methyl sites for hydroxylation is 1. The van der Waals surface area contributed by atoms with E-state index in [2.05, 4.69) is 25.8 Å². The number of carbonyl (C=O) groups excluding carboxylic acids is 2. The Bertz CT molecular complexity index is 1320. The highest BCUT2D eigenvalue weighted by Crippen LogP contribution is 2.27. The maximum absolute atomic E-state index is 13.8. The molecule has 11 heteroatoms. The number of rotatable bonds is 7. The van der Waals surface area contributed by atoms with Crippen molar-refractivity contribution in [2.75, 3.05) is 11.9 Å². The van der Waals surface area contributed by atoms with Crippen LogP contribution in [0, 0.1) is 0 Å². The van der Waals surface area contributed by atoms with Crippen LogP contribution in [-0.2, 0) is 7.05 Å². The van der Waals surface area contributed by atoms with Gasteiger partial charge in [0.25, 0.3) is 18.2 Å². The van der Waals surface area contributed by atoms with Crippen LogP contribution in [0.25, 0.3) is 16.9 Å². The van der Waals surface area contributed by atoms with Gasteiger partial charge in [-0.3, -0.25) is 14.3 Å². The topological polar surface area (TPSA) is 106 Å². The summed E-state index contributed by atoms with van der Waals surface area (Å²) < 4.78 is 29.8. The molecule has 0 aliphatic carbocycles. The molecule has 0 bridgehead atoms. The minimum absolute atomic E-state index is 0.0153. The summed E-state index contributed by atoms with van der Waals surface area (Å²) >= 11 is 0. The molecule has 0 saturated carbocycles. The lowest BCUT2D eigenvalue weighted by atomic mass is 10.1. The number of amides is 2. The van der Waals surface area contributed by atoms with E-state index in [9.17, 15) is 18.4 Å². The van der Waals surface area contributed by atoms with Crippen LogP contribution in [0.1, 0.15) is 46.3 Å². The van der Waals surface area contributed by atoms with E-state index in [1.165, 1.54) is 23.1 Å². The smallest absolute Gasteiger partial charge is 0.280 e. The molecule has 0 radical (unpaired) electrons. The number of nitrogens with zero attached hydrogens (tertiary/aromatic N) is 5. The molecule has 2 amide bonds. The van der Waals surface area contributed by atoms with Crippen molar-refractivity contribution >= 4 is 23.1 Å². The van der Waals surface area contributed by atoms with Crippen LogP contribution in [0.4, 0.5) is 14.5 Å². The maximum Gasteiger partial charge on any atom is 0.280 e. The molecule has 0 saturated heterocycles. The summed E-state index contributed by atoms with van der Waals surface area (Å²) in [5.74, 6) is -1.04. The summed E-state index contributed by atoms with van der Waals surface area (Å²) in [7, 11) is 1.58. The molecule has 0 aliphatic rings. The van der Waals surface area contributed by atoms with Crippen LogP contribution in [0.2, 0.25) is 0 Å². The standard InChI is InChI=1S/C22H21F2N7O2/c1-3-9-25-22(33)18-16(12-26-30(18)2)29-21(32)14-11-27-31-17(19(23)24)10-15(28-20(14)31)13-7-5-4-6-8-13/h4-8,10-12,19H,3,9H2,1-2H3,(H,25,33)(H,29,32). The normalized spacial score (nSPS) is 11.2. The lowest BCUT2D eigenvalue weighted by Crippen LogP contribution is -2.27. The van der Waals surface area contributed by atoms with Gasteiger partial charge in [0.05, 0.1) is 23.8 Å². The van der Waals surface area contributed by atoms with E-state index in [0.29, 0.717) is 12.1 Å². The Hall–Kier alpha value is -4.15. The summed E-state index contributed by atoms with van der Waals surface area (Å²) in [6.45, 7) is 2.38. The van der Waals surface area contributed by atoms with E-state index < -0.39 is 18.2 Å². The molecule has 1 aromatic carbocycles. The van der Waals surface area contributed by atoms with Gasteiger partial charge in [0.15, 0.2) is 5.65 Å². The molecule has 9 nitrogen and oxygen atoms in total. The van der Waals surface area contributed by atoms with Gasteiger partial charge < -0.3 is 10.6 Å². The molecule has 0 spiro atoms. The number of benzene rings is 1. The Morgan fingerprint density at radius 2 is 1.85 bits per heavy atom. The second-order valence-corrected chi connectivity index (χ2v) is 7.27. The zero-order chi connectivity index (χ0) is 23.5. The fourth-order valence-corrected chi connectivity index (χ4v) is 3.37. The molecule has 4 aromatic rings. The van der Waals surface area contributed by atoms with Crippen molar-refractivity contribution in [2.24, 2.45) is 7.05 Å². The fourth-order valence-electron chi connectivity index (χ4n) is 3.37. The third-order valence-corrected chi connectivity index (χ3v) is 4.97. The Labute approximate surface area is 187 Å². The Morgan fingerprint density at radius 1 is 1.09 bits per heavy atom. The minimum atomic E-state index is -2.83. The highest BCUT2D eigenvalue weighted by atomic mass is 19.3. The molecule has 2 N–H and O–H groups in total. The molecule has 0 unspecified atom stereocenters. The van der Waals surface area contributed by atoms with Crippen molar-refractivity contribution in [3.63, 3.8) is 0 Å². The van der Waals surface area contributed by atoms with Gasteiger partial charge in [-0.1, -0.05) is 37.3 Å². The number of alkyl halides is 2. The van der Waals surface area contributed by atoms with Crippen molar-refractivity contribution < 1.29 is 18.4 Å².